The summed E-state index contributed by atoms with van der Waals surface area (Å²) in [6.07, 6.45) is 1.77. The zero-order chi connectivity index (χ0) is 11.3. The fourth-order valence-corrected chi connectivity index (χ4v) is 1.82. The highest BCUT2D eigenvalue weighted by Gasteiger charge is 2.10. The molecule has 0 radical (unpaired) electrons. The number of hydrazine groups is 1. The zero-order valence-corrected chi connectivity index (χ0v) is 10.4. The Balaban J connectivity index is 2.78. The van der Waals surface area contributed by atoms with Crippen molar-refractivity contribution in [2.24, 2.45) is 5.84 Å². The molecule has 2 nitrogen and oxygen atoms in total. The third-order valence-electron chi connectivity index (χ3n) is 2.17. The minimum atomic E-state index is 0.0681. The van der Waals surface area contributed by atoms with Crippen molar-refractivity contribution in [3.05, 3.63) is 33.8 Å². The molecule has 0 saturated carbocycles. The molecule has 15 heavy (non-hydrogen) atoms. The van der Waals surface area contributed by atoms with Crippen LogP contribution in [0.3, 0.4) is 0 Å². The quantitative estimate of drug-likeness (QED) is 0.487. The molecule has 1 atom stereocenters. The lowest BCUT2D eigenvalue weighted by atomic mass is 10.0. The Hall–Kier alpha value is 0.01000. The van der Waals surface area contributed by atoms with Gasteiger partial charge in [-0.2, -0.15) is 0 Å². The molecule has 1 rings (SSSR count). The Morgan fingerprint density at radius 1 is 1.27 bits per heavy atom. The van der Waals surface area contributed by atoms with Crippen molar-refractivity contribution in [2.45, 2.75) is 18.9 Å². The zero-order valence-electron chi connectivity index (χ0n) is 8.14. The molecular formula is C10H13Cl3N2. The van der Waals surface area contributed by atoms with Crippen molar-refractivity contribution in [3.8, 4) is 0 Å². The minimum Gasteiger partial charge on any atom is -0.271 e. The van der Waals surface area contributed by atoms with Crippen molar-refractivity contribution in [2.75, 3.05) is 5.88 Å². The first kappa shape index (κ1) is 13.1. The van der Waals surface area contributed by atoms with Gasteiger partial charge in [0.15, 0.2) is 0 Å². The standard InChI is InChI=1S/C10H13Cl3N2/c11-5-1-2-10(15-14)7-3-4-8(12)9(13)6-7/h3-4,6,10,15H,1-2,5,14H2. The van der Waals surface area contributed by atoms with Crippen LogP contribution in [0.5, 0.6) is 0 Å². The van der Waals surface area contributed by atoms with Crippen molar-refractivity contribution in [3.63, 3.8) is 0 Å². The number of benzene rings is 1. The molecule has 0 heterocycles. The van der Waals surface area contributed by atoms with Gasteiger partial charge in [-0.25, -0.2) is 0 Å². The van der Waals surface area contributed by atoms with Gasteiger partial charge in [-0.1, -0.05) is 29.3 Å². The smallest absolute Gasteiger partial charge is 0.0595 e. The first-order chi connectivity index (χ1) is 7.19. The Morgan fingerprint density at radius 3 is 2.53 bits per heavy atom. The summed E-state index contributed by atoms with van der Waals surface area (Å²) in [5, 5.41) is 1.09. The summed E-state index contributed by atoms with van der Waals surface area (Å²) in [5.74, 6) is 6.09. The number of nitrogens with one attached hydrogen (secondary N) is 1. The number of alkyl halides is 1. The van der Waals surface area contributed by atoms with E-state index in [2.05, 4.69) is 5.43 Å². The van der Waals surface area contributed by atoms with Gasteiger partial charge >= 0.3 is 0 Å². The predicted molar refractivity (Wildman–Crippen MR) is 66.5 cm³/mol. The predicted octanol–water partition coefficient (Wildman–Crippen LogP) is 3.52. The highest BCUT2D eigenvalue weighted by molar-refractivity contribution is 6.42. The SMILES string of the molecule is NNC(CCCCl)c1ccc(Cl)c(Cl)c1. The second kappa shape index (κ2) is 6.56. The van der Waals surface area contributed by atoms with Crippen LogP contribution in [0.25, 0.3) is 0 Å². The summed E-state index contributed by atoms with van der Waals surface area (Å²) in [6.45, 7) is 0. The summed E-state index contributed by atoms with van der Waals surface area (Å²) in [6, 6.07) is 5.57. The van der Waals surface area contributed by atoms with Crippen LogP contribution in [0.4, 0.5) is 0 Å². The van der Waals surface area contributed by atoms with Gasteiger partial charge in [0.2, 0.25) is 0 Å². The van der Waals surface area contributed by atoms with E-state index in [0.29, 0.717) is 15.9 Å². The van der Waals surface area contributed by atoms with Crippen LogP contribution in [-0.4, -0.2) is 5.88 Å². The van der Waals surface area contributed by atoms with E-state index in [9.17, 15) is 0 Å². The third-order valence-corrected chi connectivity index (χ3v) is 3.18. The van der Waals surface area contributed by atoms with E-state index in [4.69, 9.17) is 40.6 Å². The monoisotopic (exact) mass is 266 g/mol. The fourth-order valence-electron chi connectivity index (χ4n) is 1.36. The van der Waals surface area contributed by atoms with E-state index < -0.39 is 0 Å². The third kappa shape index (κ3) is 3.82. The van der Waals surface area contributed by atoms with Gasteiger partial charge in [0.05, 0.1) is 10.0 Å². The maximum Gasteiger partial charge on any atom is 0.0595 e. The molecule has 0 aromatic heterocycles. The maximum absolute atomic E-state index is 5.92. The molecule has 0 aliphatic heterocycles. The van der Waals surface area contributed by atoms with Gasteiger partial charge in [-0.15, -0.1) is 11.6 Å². The molecule has 1 unspecified atom stereocenters. The van der Waals surface area contributed by atoms with Crippen LogP contribution in [0.15, 0.2) is 18.2 Å². The molecular weight excluding hydrogens is 254 g/mol. The highest BCUT2D eigenvalue weighted by atomic mass is 35.5. The molecule has 3 N–H and O–H groups in total. The highest BCUT2D eigenvalue weighted by Crippen LogP contribution is 2.27. The average Bonchev–Trinajstić information content (AvgIpc) is 2.24. The fraction of sp³-hybridized carbons (Fsp3) is 0.400. The van der Waals surface area contributed by atoms with Crippen molar-refractivity contribution in [1.82, 2.24) is 5.43 Å². The molecule has 0 aliphatic rings. The van der Waals surface area contributed by atoms with Gasteiger partial charge in [-0.3, -0.25) is 11.3 Å². The molecule has 1 aromatic carbocycles. The second-order valence-corrected chi connectivity index (χ2v) is 4.42. The molecule has 1 aromatic rings. The van der Waals surface area contributed by atoms with Gasteiger partial charge < -0.3 is 0 Å². The molecule has 0 amide bonds. The largest absolute Gasteiger partial charge is 0.271 e. The lowest BCUT2D eigenvalue weighted by Crippen LogP contribution is -2.28. The number of hydrogen-bond acceptors (Lipinski definition) is 2. The molecule has 0 bridgehead atoms. The van der Waals surface area contributed by atoms with Crippen molar-refractivity contribution in [1.29, 1.82) is 0 Å². The Kier molecular flexibility index (Phi) is 5.72. The molecule has 84 valence electrons. The van der Waals surface area contributed by atoms with Crippen LogP contribution in [0.2, 0.25) is 10.0 Å². The van der Waals surface area contributed by atoms with Crippen LogP contribution < -0.4 is 11.3 Å². The molecule has 5 heteroatoms. The summed E-state index contributed by atoms with van der Waals surface area (Å²) < 4.78 is 0. The van der Waals surface area contributed by atoms with Crippen molar-refractivity contribution < 1.29 is 0 Å². The second-order valence-electron chi connectivity index (χ2n) is 3.22. The van der Waals surface area contributed by atoms with Crippen LogP contribution in [0.1, 0.15) is 24.4 Å². The van der Waals surface area contributed by atoms with Gasteiger partial charge in [0.1, 0.15) is 0 Å². The number of halogens is 3. The van der Waals surface area contributed by atoms with E-state index >= 15 is 0 Å². The van der Waals surface area contributed by atoms with Crippen molar-refractivity contribution >= 4 is 34.8 Å². The van der Waals surface area contributed by atoms with Crippen LogP contribution >= 0.6 is 34.8 Å². The summed E-state index contributed by atoms with van der Waals surface area (Å²) in [7, 11) is 0. The lowest BCUT2D eigenvalue weighted by molar-refractivity contribution is 0.511. The minimum absolute atomic E-state index is 0.0681. The van der Waals surface area contributed by atoms with Crippen LogP contribution in [0, 0.1) is 0 Å². The first-order valence-electron chi connectivity index (χ1n) is 4.66. The van der Waals surface area contributed by atoms with Gasteiger partial charge in [-0.05, 0) is 30.5 Å². The topological polar surface area (TPSA) is 38.0 Å². The Labute approximate surface area is 105 Å². The van der Waals surface area contributed by atoms with E-state index in [1.807, 2.05) is 12.1 Å². The maximum atomic E-state index is 5.92. The summed E-state index contributed by atoms with van der Waals surface area (Å²) in [4.78, 5) is 0. The van der Waals surface area contributed by atoms with E-state index in [1.165, 1.54) is 0 Å². The average molecular weight is 268 g/mol. The van der Waals surface area contributed by atoms with E-state index in [1.54, 1.807) is 6.07 Å². The van der Waals surface area contributed by atoms with Gasteiger partial charge in [0.25, 0.3) is 0 Å². The van der Waals surface area contributed by atoms with E-state index in [-0.39, 0.29) is 6.04 Å². The van der Waals surface area contributed by atoms with Crippen LogP contribution in [-0.2, 0) is 0 Å². The number of nitrogens with two attached hydrogens (primary N) is 1. The summed E-state index contributed by atoms with van der Waals surface area (Å²) in [5.41, 5.74) is 3.76. The summed E-state index contributed by atoms with van der Waals surface area (Å²) >= 11 is 17.4. The Bertz CT molecular complexity index is 318. The number of rotatable bonds is 5. The van der Waals surface area contributed by atoms with Gasteiger partial charge in [0, 0.05) is 11.9 Å². The molecule has 0 aliphatic carbocycles. The normalized spacial score (nSPS) is 12.8. The first-order valence-corrected chi connectivity index (χ1v) is 5.95. The molecule has 0 fully saturated rings. The molecule has 0 spiro atoms. The molecule has 0 saturated heterocycles. The number of hydrogen-bond donors (Lipinski definition) is 2. The van der Waals surface area contributed by atoms with E-state index in [0.717, 1.165) is 18.4 Å². The lowest BCUT2D eigenvalue weighted by Gasteiger charge is -2.16. The Morgan fingerprint density at radius 2 is 2.00 bits per heavy atom.